The lowest BCUT2D eigenvalue weighted by Gasteiger charge is -2.30. The van der Waals surface area contributed by atoms with Crippen LogP contribution in [0.3, 0.4) is 0 Å². The summed E-state index contributed by atoms with van der Waals surface area (Å²) in [5.74, 6) is -0.535. The van der Waals surface area contributed by atoms with E-state index in [2.05, 4.69) is 0 Å². The fourth-order valence-electron chi connectivity index (χ4n) is 1.13. The third kappa shape index (κ3) is 2.09. The number of hydrogen-bond donors (Lipinski definition) is 2. The number of quaternary nitrogens is 1. The summed E-state index contributed by atoms with van der Waals surface area (Å²) in [5.41, 5.74) is 5.49. The van der Waals surface area contributed by atoms with Crippen LogP contribution < -0.4 is 5.73 Å². The second-order valence-corrected chi connectivity index (χ2v) is 3.69. The molecule has 0 saturated heterocycles. The highest BCUT2D eigenvalue weighted by Gasteiger charge is 2.27. The van der Waals surface area contributed by atoms with Crippen molar-refractivity contribution in [3.05, 3.63) is 22.9 Å². The summed E-state index contributed by atoms with van der Waals surface area (Å²) in [7, 11) is 1.78. The molecule has 1 rings (SSSR count). The monoisotopic (exact) mass is 203 g/mol. The quantitative estimate of drug-likeness (QED) is 0.615. The summed E-state index contributed by atoms with van der Waals surface area (Å²) < 4.78 is 0.231. The van der Waals surface area contributed by atoms with Gasteiger partial charge in [0.25, 0.3) is 5.91 Å². The Hall–Kier alpha value is -0.840. The first kappa shape index (κ1) is 10.2. The van der Waals surface area contributed by atoms with E-state index in [1.165, 1.54) is 0 Å². The van der Waals surface area contributed by atoms with Gasteiger partial charge in [0, 0.05) is 6.08 Å². The third-order valence-electron chi connectivity index (χ3n) is 2.01. The molecule has 0 aliphatic carbocycles. The molecular formula is C8H12ClN2O2+. The van der Waals surface area contributed by atoms with Crippen molar-refractivity contribution >= 4 is 17.5 Å². The van der Waals surface area contributed by atoms with E-state index in [-0.39, 0.29) is 11.2 Å². The Morgan fingerprint density at radius 2 is 2.46 bits per heavy atom. The van der Waals surface area contributed by atoms with E-state index in [1.807, 2.05) is 0 Å². The van der Waals surface area contributed by atoms with E-state index in [1.54, 1.807) is 19.3 Å². The molecule has 0 fully saturated rings. The first-order valence-corrected chi connectivity index (χ1v) is 4.19. The Morgan fingerprint density at radius 1 is 1.85 bits per heavy atom. The highest BCUT2D eigenvalue weighted by atomic mass is 35.5. The topological polar surface area (TPSA) is 63.3 Å². The molecule has 0 radical (unpaired) electrons. The maximum absolute atomic E-state index is 10.9. The summed E-state index contributed by atoms with van der Waals surface area (Å²) in [4.78, 5) is 10.9. The van der Waals surface area contributed by atoms with E-state index in [4.69, 9.17) is 22.4 Å². The van der Waals surface area contributed by atoms with Crippen LogP contribution in [0.2, 0.25) is 0 Å². The van der Waals surface area contributed by atoms with Gasteiger partial charge in [-0.1, -0.05) is 11.6 Å². The van der Waals surface area contributed by atoms with Crippen LogP contribution in [0.15, 0.2) is 22.9 Å². The van der Waals surface area contributed by atoms with Gasteiger partial charge in [-0.15, -0.1) is 0 Å². The molecule has 0 aromatic heterocycles. The molecular weight excluding hydrogens is 192 g/mol. The van der Waals surface area contributed by atoms with Crippen LogP contribution in [0.5, 0.6) is 0 Å². The zero-order valence-corrected chi connectivity index (χ0v) is 8.08. The van der Waals surface area contributed by atoms with E-state index >= 15 is 0 Å². The number of nitrogens with two attached hydrogens (primary N) is 1. The van der Waals surface area contributed by atoms with E-state index in [0.717, 1.165) is 0 Å². The standard InChI is InChI=1S/C8H11ClN2O2/c1-11(5-12)3-2-7(9)6(4-11)8(10)13/h2-3,12H,4-5H2,1H3,(H-,10,13)/p+1. The average Bonchev–Trinajstić information content (AvgIpc) is 2.09. The van der Waals surface area contributed by atoms with Crippen LogP contribution >= 0.6 is 11.6 Å². The number of nitrogens with zero attached hydrogens (tertiary/aromatic N) is 1. The van der Waals surface area contributed by atoms with Crippen molar-refractivity contribution in [2.75, 3.05) is 20.3 Å². The number of allylic oxidation sites excluding steroid dienone is 2. The Morgan fingerprint density at radius 3 is 2.92 bits per heavy atom. The molecule has 0 bridgehead atoms. The van der Waals surface area contributed by atoms with Crippen molar-refractivity contribution in [2.45, 2.75) is 0 Å². The van der Waals surface area contributed by atoms with Gasteiger partial charge in [-0.2, -0.15) is 0 Å². The normalized spacial score (nSPS) is 27.9. The fraction of sp³-hybridized carbons (Fsp3) is 0.375. The zero-order valence-electron chi connectivity index (χ0n) is 7.33. The average molecular weight is 204 g/mol. The first-order valence-electron chi connectivity index (χ1n) is 3.81. The molecule has 0 spiro atoms. The van der Waals surface area contributed by atoms with Gasteiger partial charge in [-0.05, 0) is 0 Å². The van der Waals surface area contributed by atoms with Gasteiger partial charge < -0.3 is 10.8 Å². The number of hydrogen-bond acceptors (Lipinski definition) is 2. The number of halogens is 1. The summed E-state index contributed by atoms with van der Waals surface area (Å²) in [6, 6.07) is 0. The maximum Gasteiger partial charge on any atom is 0.251 e. The molecule has 72 valence electrons. The lowest BCUT2D eigenvalue weighted by Crippen LogP contribution is -2.44. The lowest BCUT2D eigenvalue weighted by molar-refractivity contribution is -0.874. The minimum atomic E-state index is -0.535. The number of primary amides is 1. The van der Waals surface area contributed by atoms with Gasteiger partial charge in [0.1, 0.15) is 6.54 Å². The van der Waals surface area contributed by atoms with E-state index < -0.39 is 5.91 Å². The van der Waals surface area contributed by atoms with Gasteiger partial charge >= 0.3 is 0 Å². The van der Waals surface area contributed by atoms with Crippen molar-refractivity contribution in [1.29, 1.82) is 0 Å². The van der Waals surface area contributed by atoms with Gasteiger partial charge in [-0.25, -0.2) is 0 Å². The van der Waals surface area contributed by atoms with Gasteiger partial charge in [0.05, 0.1) is 23.9 Å². The second kappa shape index (κ2) is 3.49. The molecule has 13 heavy (non-hydrogen) atoms. The molecule has 0 aromatic carbocycles. The van der Waals surface area contributed by atoms with Crippen molar-refractivity contribution in [3.63, 3.8) is 0 Å². The molecule has 1 atom stereocenters. The molecule has 3 N–H and O–H groups in total. The minimum absolute atomic E-state index is 0.0859. The largest absolute Gasteiger partial charge is 0.366 e. The Bertz CT molecular complexity index is 299. The van der Waals surface area contributed by atoms with Crippen molar-refractivity contribution in [3.8, 4) is 0 Å². The minimum Gasteiger partial charge on any atom is -0.366 e. The van der Waals surface area contributed by atoms with Crippen LogP contribution in [0.25, 0.3) is 0 Å². The fourth-order valence-corrected chi connectivity index (χ4v) is 1.34. The third-order valence-corrected chi connectivity index (χ3v) is 2.36. The van der Waals surface area contributed by atoms with Gasteiger partial charge in [0.15, 0.2) is 6.73 Å². The van der Waals surface area contributed by atoms with Crippen molar-refractivity contribution in [1.82, 2.24) is 0 Å². The molecule has 0 aromatic rings. The molecule has 1 heterocycles. The summed E-state index contributed by atoms with van der Waals surface area (Å²) >= 11 is 5.76. The van der Waals surface area contributed by atoms with Crippen molar-refractivity contribution in [2.24, 2.45) is 5.73 Å². The van der Waals surface area contributed by atoms with Crippen LogP contribution in [-0.2, 0) is 4.79 Å². The van der Waals surface area contributed by atoms with Gasteiger partial charge in [0.2, 0.25) is 0 Å². The molecule has 1 aliphatic heterocycles. The molecule has 4 nitrogen and oxygen atoms in total. The van der Waals surface area contributed by atoms with E-state index in [0.29, 0.717) is 17.2 Å². The second-order valence-electron chi connectivity index (χ2n) is 3.29. The highest BCUT2D eigenvalue weighted by molar-refractivity contribution is 6.33. The number of aliphatic hydroxyl groups excluding tert-OH is 1. The predicted octanol–water partition coefficient (Wildman–Crippen LogP) is -0.112. The summed E-state index contributed by atoms with van der Waals surface area (Å²) in [6.07, 6.45) is 3.32. The van der Waals surface area contributed by atoms with E-state index in [9.17, 15) is 4.79 Å². The number of amides is 1. The van der Waals surface area contributed by atoms with Crippen LogP contribution in [0.4, 0.5) is 0 Å². The Labute approximate surface area is 81.5 Å². The summed E-state index contributed by atoms with van der Waals surface area (Å²) in [6.45, 7) is 0.249. The Balaban J connectivity index is 2.96. The van der Waals surface area contributed by atoms with Crippen LogP contribution in [-0.4, -0.2) is 35.8 Å². The number of rotatable bonds is 2. The lowest BCUT2D eigenvalue weighted by atomic mass is 10.1. The number of aliphatic hydroxyl groups is 1. The first-order chi connectivity index (χ1) is 5.98. The van der Waals surface area contributed by atoms with Crippen LogP contribution in [0, 0.1) is 0 Å². The number of carbonyl (C=O) groups is 1. The molecule has 0 saturated carbocycles. The molecule has 5 heteroatoms. The molecule has 1 amide bonds. The molecule has 1 aliphatic rings. The summed E-state index contributed by atoms with van der Waals surface area (Å²) in [5, 5.41) is 9.40. The number of carbonyl (C=O) groups excluding carboxylic acids is 1. The molecule has 1 unspecified atom stereocenters. The number of likely N-dealkylation sites (N-methyl/N-ethyl adjacent to an activating group) is 1. The Kier molecular flexibility index (Phi) is 2.75. The van der Waals surface area contributed by atoms with Gasteiger partial charge in [-0.3, -0.25) is 9.28 Å². The predicted molar refractivity (Wildman–Crippen MR) is 49.4 cm³/mol. The highest BCUT2D eigenvalue weighted by Crippen LogP contribution is 2.21. The zero-order chi connectivity index (χ0) is 10.1. The SMILES string of the molecule is C[N+]1(CO)C=CC(Cl)=C(C(N)=O)C1. The van der Waals surface area contributed by atoms with Crippen LogP contribution in [0.1, 0.15) is 0 Å². The van der Waals surface area contributed by atoms with Crippen molar-refractivity contribution < 1.29 is 14.4 Å². The maximum atomic E-state index is 10.9. The smallest absolute Gasteiger partial charge is 0.251 e.